The molecule has 32 heavy (non-hydrogen) atoms. The lowest BCUT2D eigenvalue weighted by Crippen LogP contribution is -2.39. The second kappa shape index (κ2) is 9.90. The fraction of sp³-hybridized carbons (Fsp3) is 0.385. The number of hydrogen-bond donors (Lipinski definition) is 0. The molecule has 3 aromatic rings. The molecule has 1 aliphatic rings. The van der Waals surface area contributed by atoms with Crippen LogP contribution in [0.2, 0.25) is 0 Å². The third-order valence-electron chi connectivity index (χ3n) is 6.26. The Balaban J connectivity index is 1.35. The molecule has 6 heteroatoms. The summed E-state index contributed by atoms with van der Waals surface area (Å²) in [4.78, 5) is 15.2. The number of aryl methyl sites for hydroxylation is 2. The highest BCUT2D eigenvalue weighted by Crippen LogP contribution is 2.27. The highest BCUT2D eigenvalue weighted by atomic mass is 16.5. The second-order valence-electron chi connectivity index (χ2n) is 8.38. The number of ether oxygens (including phenoxy) is 2. The Morgan fingerprint density at radius 3 is 2.47 bits per heavy atom. The highest BCUT2D eigenvalue weighted by molar-refractivity contribution is 5.97. The molecule has 1 saturated heterocycles. The van der Waals surface area contributed by atoms with E-state index in [0.717, 1.165) is 55.1 Å². The molecule has 168 valence electrons. The van der Waals surface area contributed by atoms with Crippen molar-refractivity contribution >= 4 is 5.91 Å². The Bertz CT molecular complexity index is 1030. The summed E-state index contributed by atoms with van der Waals surface area (Å²) in [6, 6.07) is 15.7. The minimum Gasteiger partial charge on any atom is -0.497 e. The fourth-order valence-electron chi connectivity index (χ4n) is 4.23. The first-order valence-corrected chi connectivity index (χ1v) is 11.1. The van der Waals surface area contributed by atoms with E-state index in [1.165, 1.54) is 5.56 Å². The topological polar surface area (TPSA) is 64.8 Å². The lowest BCUT2D eigenvalue weighted by atomic mass is 9.90. The number of para-hydroxylation sites is 1. The Morgan fingerprint density at radius 2 is 1.81 bits per heavy atom. The van der Waals surface area contributed by atoms with Crippen LogP contribution in [0.4, 0.5) is 0 Å². The van der Waals surface area contributed by atoms with Crippen LogP contribution in [0.1, 0.15) is 45.8 Å². The molecule has 2 aromatic carbocycles. The summed E-state index contributed by atoms with van der Waals surface area (Å²) in [5.41, 5.74) is 3.65. The Kier molecular flexibility index (Phi) is 6.78. The van der Waals surface area contributed by atoms with Gasteiger partial charge in [0.25, 0.3) is 5.91 Å². The number of aromatic nitrogens is 1. The zero-order valence-corrected chi connectivity index (χ0v) is 19.0. The molecule has 1 amide bonds. The average molecular weight is 435 g/mol. The zero-order valence-electron chi connectivity index (χ0n) is 19.0. The van der Waals surface area contributed by atoms with Gasteiger partial charge in [-0.05, 0) is 68.9 Å². The highest BCUT2D eigenvalue weighted by Gasteiger charge is 2.26. The maximum atomic E-state index is 13.3. The van der Waals surface area contributed by atoms with Crippen molar-refractivity contribution in [2.24, 2.45) is 5.92 Å². The first-order chi connectivity index (χ1) is 15.5. The number of amides is 1. The number of methoxy groups -OCH3 is 1. The number of piperidine rings is 1. The van der Waals surface area contributed by atoms with Crippen LogP contribution in [0.3, 0.4) is 0 Å². The largest absolute Gasteiger partial charge is 0.497 e. The van der Waals surface area contributed by atoms with Gasteiger partial charge in [-0.1, -0.05) is 29.4 Å². The minimum atomic E-state index is 0.0299. The Hall–Kier alpha value is -3.28. The van der Waals surface area contributed by atoms with E-state index >= 15 is 0 Å². The van der Waals surface area contributed by atoms with Gasteiger partial charge in [0.2, 0.25) is 0 Å². The van der Waals surface area contributed by atoms with Crippen molar-refractivity contribution < 1.29 is 18.8 Å². The number of rotatable bonds is 7. The number of carbonyl (C=O) groups excluding carboxylic acids is 1. The Labute approximate surface area is 189 Å². The molecule has 0 atom stereocenters. The van der Waals surface area contributed by atoms with Crippen molar-refractivity contribution in [1.82, 2.24) is 10.1 Å². The van der Waals surface area contributed by atoms with Crippen molar-refractivity contribution in [3.05, 3.63) is 76.7 Å². The van der Waals surface area contributed by atoms with Gasteiger partial charge in [0.15, 0.2) is 0 Å². The van der Waals surface area contributed by atoms with E-state index in [1.54, 1.807) is 7.11 Å². The standard InChI is InChI=1S/C26H30N2O4/c1-18-24(19(2)32-27-18)17-31-25-7-5-4-6-23(25)26(29)28-14-12-21(13-15-28)16-20-8-10-22(30-3)11-9-20/h4-11,21H,12-17H2,1-3H3. The van der Waals surface area contributed by atoms with E-state index in [-0.39, 0.29) is 5.91 Å². The maximum Gasteiger partial charge on any atom is 0.257 e. The maximum absolute atomic E-state index is 13.3. The van der Waals surface area contributed by atoms with E-state index < -0.39 is 0 Å². The average Bonchev–Trinajstić information content (AvgIpc) is 3.15. The summed E-state index contributed by atoms with van der Waals surface area (Å²) < 4.78 is 16.5. The second-order valence-corrected chi connectivity index (χ2v) is 8.38. The van der Waals surface area contributed by atoms with Gasteiger partial charge in [-0.2, -0.15) is 0 Å². The molecule has 4 rings (SSSR count). The van der Waals surface area contributed by atoms with Crippen molar-refractivity contribution in [2.75, 3.05) is 20.2 Å². The van der Waals surface area contributed by atoms with E-state index in [0.29, 0.717) is 23.8 Å². The minimum absolute atomic E-state index is 0.0299. The summed E-state index contributed by atoms with van der Waals surface area (Å²) in [5.74, 6) is 2.83. The predicted octanol–water partition coefficient (Wildman–Crippen LogP) is 4.97. The summed E-state index contributed by atoms with van der Waals surface area (Å²) in [5, 5.41) is 3.97. The molecule has 0 saturated carbocycles. The number of hydrogen-bond acceptors (Lipinski definition) is 5. The number of nitrogens with zero attached hydrogens (tertiary/aromatic N) is 2. The van der Waals surface area contributed by atoms with Crippen molar-refractivity contribution in [3.8, 4) is 11.5 Å². The van der Waals surface area contributed by atoms with Gasteiger partial charge in [0.05, 0.1) is 23.9 Å². The molecule has 0 spiro atoms. The van der Waals surface area contributed by atoms with Gasteiger partial charge in [-0.25, -0.2) is 0 Å². The van der Waals surface area contributed by atoms with Crippen LogP contribution in [0, 0.1) is 19.8 Å². The molecule has 0 aliphatic carbocycles. The van der Waals surface area contributed by atoms with Gasteiger partial charge < -0.3 is 18.9 Å². The van der Waals surface area contributed by atoms with Crippen LogP contribution >= 0.6 is 0 Å². The van der Waals surface area contributed by atoms with E-state index in [2.05, 4.69) is 17.3 Å². The fourth-order valence-corrected chi connectivity index (χ4v) is 4.23. The monoisotopic (exact) mass is 434 g/mol. The van der Waals surface area contributed by atoms with Gasteiger partial charge in [-0.15, -0.1) is 0 Å². The lowest BCUT2D eigenvalue weighted by molar-refractivity contribution is 0.0685. The number of likely N-dealkylation sites (tertiary alicyclic amines) is 1. The summed E-state index contributed by atoms with van der Waals surface area (Å²) >= 11 is 0. The molecule has 0 radical (unpaired) electrons. The molecule has 2 heterocycles. The molecule has 0 unspecified atom stereocenters. The summed E-state index contributed by atoms with van der Waals surface area (Å²) in [6.45, 7) is 5.61. The van der Waals surface area contributed by atoms with Crippen LogP contribution in [0.5, 0.6) is 11.5 Å². The third kappa shape index (κ3) is 4.96. The summed E-state index contributed by atoms with van der Waals surface area (Å²) in [7, 11) is 1.68. The molecule has 1 aliphatic heterocycles. The Morgan fingerprint density at radius 1 is 1.09 bits per heavy atom. The molecule has 1 aromatic heterocycles. The first-order valence-electron chi connectivity index (χ1n) is 11.1. The van der Waals surface area contributed by atoms with E-state index in [1.807, 2.05) is 55.1 Å². The third-order valence-corrected chi connectivity index (χ3v) is 6.26. The SMILES string of the molecule is COc1ccc(CC2CCN(C(=O)c3ccccc3OCc3c(C)noc3C)CC2)cc1. The quantitative estimate of drug-likeness (QED) is 0.525. The molecule has 0 N–H and O–H groups in total. The van der Waals surface area contributed by atoms with E-state index in [4.69, 9.17) is 14.0 Å². The normalized spacial score (nSPS) is 14.4. The van der Waals surface area contributed by atoms with Gasteiger partial charge in [0.1, 0.15) is 23.9 Å². The van der Waals surface area contributed by atoms with Gasteiger partial charge >= 0.3 is 0 Å². The van der Waals surface area contributed by atoms with Gasteiger partial charge in [-0.3, -0.25) is 4.79 Å². The summed E-state index contributed by atoms with van der Waals surface area (Å²) in [6.07, 6.45) is 3.03. The zero-order chi connectivity index (χ0) is 22.5. The smallest absolute Gasteiger partial charge is 0.257 e. The molecule has 1 fully saturated rings. The molecule has 0 bridgehead atoms. The molecular weight excluding hydrogens is 404 g/mol. The predicted molar refractivity (Wildman–Crippen MR) is 122 cm³/mol. The van der Waals surface area contributed by atoms with Gasteiger partial charge in [0, 0.05) is 13.1 Å². The lowest BCUT2D eigenvalue weighted by Gasteiger charge is -2.32. The van der Waals surface area contributed by atoms with E-state index in [9.17, 15) is 4.79 Å². The van der Waals surface area contributed by atoms with Crippen LogP contribution in [0.25, 0.3) is 0 Å². The number of benzene rings is 2. The van der Waals surface area contributed by atoms with Crippen LogP contribution in [-0.4, -0.2) is 36.2 Å². The van der Waals surface area contributed by atoms with Crippen molar-refractivity contribution in [1.29, 1.82) is 0 Å². The molecule has 6 nitrogen and oxygen atoms in total. The van der Waals surface area contributed by atoms with Crippen molar-refractivity contribution in [2.45, 2.75) is 39.7 Å². The number of carbonyl (C=O) groups is 1. The van der Waals surface area contributed by atoms with Crippen molar-refractivity contribution in [3.63, 3.8) is 0 Å². The first kappa shape index (κ1) is 21.9. The van der Waals surface area contributed by atoms with Crippen LogP contribution < -0.4 is 9.47 Å². The molecular formula is C26H30N2O4. The van der Waals surface area contributed by atoms with Crippen LogP contribution in [-0.2, 0) is 13.0 Å². The van der Waals surface area contributed by atoms with Crippen LogP contribution in [0.15, 0.2) is 53.1 Å².